The van der Waals surface area contributed by atoms with Crippen LogP contribution in [0.2, 0.25) is 0 Å². The molecule has 4 N–H and O–H groups in total. The maximum Gasteiger partial charge on any atom is 0.416 e. The van der Waals surface area contributed by atoms with Gasteiger partial charge in [0.1, 0.15) is 12.0 Å². The van der Waals surface area contributed by atoms with Crippen LogP contribution >= 0.6 is 11.8 Å². The Morgan fingerprint density at radius 3 is 2.43 bits per heavy atom. The summed E-state index contributed by atoms with van der Waals surface area (Å²) in [6, 6.07) is 20.0. The molecule has 0 aliphatic rings. The molecule has 0 aliphatic heterocycles. The lowest BCUT2D eigenvalue weighted by molar-refractivity contribution is -0.138. The van der Waals surface area contributed by atoms with Crippen LogP contribution in [-0.4, -0.2) is 46.2 Å². The van der Waals surface area contributed by atoms with E-state index in [4.69, 9.17) is 5.11 Å². The van der Waals surface area contributed by atoms with E-state index in [1.807, 2.05) is 6.07 Å². The van der Waals surface area contributed by atoms with Crippen molar-refractivity contribution < 1.29 is 37.8 Å². The first kappa shape index (κ1) is 33.8. The number of aldehydes is 1. The summed E-state index contributed by atoms with van der Waals surface area (Å²) in [4.78, 5) is 38.8. The van der Waals surface area contributed by atoms with Gasteiger partial charge in [0, 0.05) is 40.9 Å². The van der Waals surface area contributed by atoms with Gasteiger partial charge >= 0.3 is 12.1 Å². The second-order valence-corrected chi connectivity index (χ2v) is 10.5. The molecular weight excluding hydrogens is 595 g/mol. The summed E-state index contributed by atoms with van der Waals surface area (Å²) in [5.74, 6) is -0.0717. The number of carbonyl (C=O) groups excluding carboxylic acids is 2. The van der Waals surface area contributed by atoms with Crippen molar-refractivity contribution in [1.82, 2.24) is 10.3 Å². The van der Waals surface area contributed by atoms with Crippen molar-refractivity contribution in [3.05, 3.63) is 113 Å². The molecule has 0 aliphatic carbocycles. The second-order valence-electron chi connectivity index (χ2n) is 9.40. The molecule has 0 fully saturated rings. The summed E-state index contributed by atoms with van der Waals surface area (Å²) in [6.07, 6.45) is -1.97. The van der Waals surface area contributed by atoms with E-state index in [9.17, 15) is 32.7 Å². The molecule has 12 heteroatoms. The number of hydrogen-bond acceptors (Lipinski definition) is 7. The average molecular weight is 626 g/mol. The number of thioether (sulfide) groups is 1. The first-order valence-electron chi connectivity index (χ1n) is 13.3. The topological polar surface area (TPSA) is 129 Å². The number of benzene rings is 3. The highest BCUT2D eigenvalue weighted by atomic mass is 32.2. The number of phenolic OH excluding ortho intramolecular Hbond substituents is 1. The van der Waals surface area contributed by atoms with Gasteiger partial charge in [-0.3, -0.25) is 19.4 Å². The zero-order valence-electron chi connectivity index (χ0n) is 23.6. The van der Waals surface area contributed by atoms with Gasteiger partial charge in [-0.1, -0.05) is 30.3 Å². The predicted octanol–water partition coefficient (Wildman–Crippen LogP) is 6.65. The van der Waals surface area contributed by atoms with Crippen LogP contribution in [0, 0.1) is 0 Å². The SMILES string of the molecule is CNCc1cccc(C(F)(F)F)c1.O=Cc1ccnc(-c2cc(O)ccc2NC(=O)c2cccc(CSCCC(=O)O)c2)c1. The molecule has 1 aromatic heterocycles. The second kappa shape index (κ2) is 16.2. The number of nitrogens with zero attached hydrogens (tertiary/aromatic N) is 1. The molecule has 4 aromatic rings. The van der Waals surface area contributed by atoms with Crippen molar-refractivity contribution in [1.29, 1.82) is 0 Å². The number of aliphatic carboxylic acids is 1. The van der Waals surface area contributed by atoms with Gasteiger partial charge in [-0.2, -0.15) is 24.9 Å². The fourth-order valence-corrected chi connectivity index (χ4v) is 4.81. The van der Waals surface area contributed by atoms with Crippen molar-refractivity contribution >= 4 is 35.6 Å². The Morgan fingerprint density at radius 2 is 1.73 bits per heavy atom. The maximum atomic E-state index is 12.8. The normalized spacial score (nSPS) is 10.8. The van der Waals surface area contributed by atoms with Crippen LogP contribution in [0.25, 0.3) is 11.3 Å². The van der Waals surface area contributed by atoms with E-state index in [1.54, 1.807) is 49.5 Å². The summed E-state index contributed by atoms with van der Waals surface area (Å²) in [5, 5.41) is 24.2. The number of pyridine rings is 1. The zero-order valence-corrected chi connectivity index (χ0v) is 24.4. The largest absolute Gasteiger partial charge is 0.508 e. The Kier molecular flexibility index (Phi) is 12.5. The third kappa shape index (κ3) is 10.5. The number of rotatable bonds is 11. The van der Waals surface area contributed by atoms with Crippen LogP contribution in [-0.2, 0) is 23.3 Å². The van der Waals surface area contributed by atoms with E-state index in [-0.39, 0.29) is 18.1 Å². The van der Waals surface area contributed by atoms with Crippen LogP contribution in [0.3, 0.4) is 0 Å². The minimum Gasteiger partial charge on any atom is -0.508 e. The Balaban J connectivity index is 0.000000340. The number of carbonyl (C=O) groups is 3. The van der Waals surface area contributed by atoms with Gasteiger partial charge < -0.3 is 20.8 Å². The summed E-state index contributed by atoms with van der Waals surface area (Å²) < 4.78 is 36.6. The van der Waals surface area contributed by atoms with Crippen molar-refractivity contribution in [2.75, 3.05) is 18.1 Å². The van der Waals surface area contributed by atoms with Crippen LogP contribution in [0.4, 0.5) is 18.9 Å². The molecule has 230 valence electrons. The van der Waals surface area contributed by atoms with Gasteiger partial charge in [-0.25, -0.2) is 0 Å². The molecule has 3 aromatic carbocycles. The number of halogens is 3. The standard InChI is InChI=1S/C23H20N2O5S.C9H10F3N/c26-13-15-6-8-24-21(11-15)19-12-18(27)4-5-20(19)25-23(30)17-3-1-2-16(10-17)14-31-9-7-22(28)29;1-13-6-7-3-2-4-8(5-7)9(10,11)12/h1-6,8,10-13,27H,7,9,14H2,(H,25,30)(H,28,29);2-5,13H,6H2,1H3. The first-order valence-corrected chi connectivity index (χ1v) is 14.4. The number of hydrogen-bond donors (Lipinski definition) is 4. The van der Waals surface area contributed by atoms with E-state index < -0.39 is 17.7 Å². The first-order chi connectivity index (χ1) is 21.0. The number of phenols is 1. The quantitative estimate of drug-likeness (QED) is 0.0829. The summed E-state index contributed by atoms with van der Waals surface area (Å²) in [6.45, 7) is 0.448. The van der Waals surface area contributed by atoms with Crippen LogP contribution < -0.4 is 10.6 Å². The highest BCUT2D eigenvalue weighted by Crippen LogP contribution is 2.31. The van der Waals surface area contributed by atoms with E-state index in [0.717, 1.165) is 17.7 Å². The van der Waals surface area contributed by atoms with Crippen molar-refractivity contribution in [2.45, 2.75) is 24.9 Å². The number of aromatic nitrogens is 1. The number of carboxylic acids is 1. The molecule has 8 nitrogen and oxygen atoms in total. The number of alkyl halides is 3. The Bertz CT molecular complexity index is 1600. The van der Waals surface area contributed by atoms with Crippen LogP contribution in [0.1, 0.15) is 43.8 Å². The lowest BCUT2D eigenvalue weighted by Gasteiger charge is -2.12. The average Bonchev–Trinajstić information content (AvgIpc) is 3.00. The van der Waals surface area contributed by atoms with Gasteiger partial charge in [-0.15, -0.1) is 0 Å². The van der Waals surface area contributed by atoms with Crippen molar-refractivity contribution in [2.24, 2.45) is 0 Å². The fraction of sp³-hybridized carbons (Fsp3) is 0.188. The Morgan fingerprint density at radius 1 is 0.977 bits per heavy atom. The van der Waals surface area contributed by atoms with E-state index in [0.29, 0.717) is 58.0 Å². The number of nitrogens with one attached hydrogen (secondary N) is 2. The van der Waals surface area contributed by atoms with E-state index in [2.05, 4.69) is 15.6 Å². The monoisotopic (exact) mass is 625 g/mol. The van der Waals surface area contributed by atoms with Crippen LogP contribution in [0.15, 0.2) is 85.1 Å². The molecule has 4 rings (SSSR count). The summed E-state index contributed by atoms with van der Waals surface area (Å²) in [5.41, 5.74) is 3.20. The van der Waals surface area contributed by atoms with Gasteiger partial charge in [0.2, 0.25) is 0 Å². The minimum atomic E-state index is -4.25. The highest BCUT2D eigenvalue weighted by molar-refractivity contribution is 7.98. The highest BCUT2D eigenvalue weighted by Gasteiger charge is 2.30. The van der Waals surface area contributed by atoms with Gasteiger partial charge in [-0.05, 0) is 66.7 Å². The molecule has 0 saturated heterocycles. The minimum absolute atomic E-state index is 0.00619. The molecule has 44 heavy (non-hydrogen) atoms. The smallest absolute Gasteiger partial charge is 0.416 e. The lowest BCUT2D eigenvalue weighted by Crippen LogP contribution is -2.13. The number of aromatic hydroxyl groups is 1. The molecule has 0 spiro atoms. The summed E-state index contributed by atoms with van der Waals surface area (Å²) >= 11 is 1.49. The molecular formula is C32H30F3N3O5S. The van der Waals surface area contributed by atoms with Gasteiger partial charge in [0.05, 0.1) is 23.4 Å². The number of carboxylic acid groups (broad SMARTS) is 1. The van der Waals surface area contributed by atoms with Gasteiger partial charge in [0.25, 0.3) is 5.91 Å². The zero-order chi connectivity index (χ0) is 32.1. The van der Waals surface area contributed by atoms with Crippen molar-refractivity contribution in [3.63, 3.8) is 0 Å². The molecule has 1 heterocycles. The van der Waals surface area contributed by atoms with E-state index in [1.165, 1.54) is 36.2 Å². The molecule has 0 atom stereocenters. The molecule has 0 unspecified atom stereocenters. The van der Waals surface area contributed by atoms with E-state index >= 15 is 0 Å². The Hall–Kier alpha value is -4.68. The fourth-order valence-electron chi connectivity index (χ4n) is 3.93. The maximum absolute atomic E-state index is 12.8. The summed E-state index contributed by atoms with van der Waals surface area (Å²) in [7, 11) is 1.69. The molecule has 0 saturated carbocycles. The van der Waals surface area contributed by atoms with Crippen molar-refractivity contribution in [3.8, 4) is 17.0 Å². The molecule has 0 radical (unpaired) electrons. The third-order valence-electron chi connectivity index (χ3n) is 6.00. The molecule has 0 bridgehead atoms. The number of anilines is 1. The number of amides is 1. The Labute approximate surface area is 256 Å². The lowest BCUT2D eigenvalue weighted by atomic mass is 10.1. The predicted molar refractivity (Wildman–Crippen MR) is 164 cm³/mol. The van der Waals surface area contributed by atoms with Crippen LogP contribution in [0.5, 0.6) is 5.75 Å². The van der Waals surface area contributed by atoms with Gasteiger partial charge in [0.15, 0.2) is 0 Å². The third-order valence-corrected chi connectivity index (χ3v) is 7.03. The molecule has 1 amide bonds.